The molecule has 1 aromatic carbocycles. The molecule has 2 unspecified atom stereocenters. The van der Waals surface area contributed by atoms with E-state index >= 15 is 0 Å². The number of ether oxygens (including phenoxy) is 1. The molecule has 0 fully saturated rings. The van der Waals surface area contributed by atoms with E-state index in [9.17, 15) is 19.8 Å². The van der Waals surface area contributed by atoms with E-state index in [4.69, 9.17) is 23.1 Å². The number of primary amides is 1. The molecule has 0 bridgehead atoms. The Morgan fingerprint density at radius 2 is 1.95 bits per heavy atom. The third kappa shape index (κ3) is 3.14. The van der Waals surface area contributed by atoms with Crippen LogP contribution in [0.15, 0.2) is 12.1 Å². The quantitative estimate of drug-likeness (QED) is 0.439. The number of amides is 1. The van der Waals surface area contributed by atoms with Crippen LogP contribution in [-0.2, 0) is 9.53 Å². The zero-order valence-corrected chi connectivity index (χ0v) is 10.7. The van der Waals surface area contributed by atoms with Crippen molar-refractivity contribution in [2.75, 3.05) is 12.8 Å². The molecule has 2 atom stereocenters. The molecule has 7 nitrogen and oxygen atoms in total. The normalized spacial score (nSPS) is 13.7. The molecule has 0 spiro atoms. The number of esters is 1. The molecule has 1 amide bonds. The van der Waals surface area contributed by atoms with E-state index in [-0.39, 0.29) is 21.8 Å². The first-order valence-electron chi connectivity index (χ1n) is 5.12. The second-order valence-electron chi connectivity index (χ2n) is 3.74. The highest BCUT2D eigenvalue weighted by atomic mass is 35.5. The number of nitrogens with two attached hydrogens (primary N) is 2. The Bertz CT molecular complexity index is 520. The van der Waals surface area contributed by atoms with Crippen LogP contribution < -0.4 is 11.5 Å². The monoisotopic (exact) mass is 288 g/mol. The van der Waals surface area contributed by atoms with E-state index in [1.807, 2.05) is 0 Å². The standard InChI is InChI=1S/C11H13ClN2O5/c1-19-11(18)5-2-4(6(12)3-7(5)13)8(15)9(16)10(14)17/h2-3,8-9,15-16H,13H2,1H3,(H2,14,17). The van der Waals surface area contributed by atoms with Gasteiger partial charge < -0.3 is 26.4 Å². The molecular weight excluding hydrogens is 276 g/mol. The predicted octanol–water partition coefficient (Wildman–Crippen LogP) is -0.412. The molecule has 19 heavy (non-hydrogen) atoms. The van der Waals surface area contributed by atoms with Crippen LogP contribution >= 0.6 is 11.6 Å². The number of carbonyl (C=O) groups is 2. The van der Waals surface area contributed by atoms with Crippen molar-refractivity contribution in [2.24, 2.45) is 5.73 Å². The van der Waals surface area contributed by atoms with Gasteiger partial charge in [0.15, 0.2) is 6.10 Å². The third-order valence-corrected chi connectivity index (χ3v) is 2.81. The van der Waals surface area contributed by atoms with E-state index < -0.39 is 24.1 Å². The van der Waals surface area contributed by atoms with Crippen LogP contribution in [0.25, 0.3) is 0 Å². The molecule has 1 aromatic rings. The Kier molecular flexibility index (Phi) is 4.71. The predicted molar refractivity (Wildman–Crippen MR) is 67.4 cm³/mol. The van der Waals surface area contributed by atoms with Crippen molar-refractivity contribution in [3.8, 4) is 0 Å². The molecule has 0 aromatic heterocycles. The number of hydrogen-bond donors (Lipinski definition) is 4. The van der Waals surface area contributed by atoms with Crippen LogP contribution in [0, 0.1) is 0 Å². The lowest BCUT2D eigenvalue weighted by molar-refractivity contribution is -0.131. The van der Waals surface area contributed by atoms with Crippen molar-refractivity contribution in [3.63, 3.8) is 0 Å². The second-order valence-corrected chi connectivity index (χ2v) is 4.15. The van der Waals surface area contributed by atoms with Gasteiger partial charge in [-0.3, -0.25) is 4.79 Å². The maximum absolute atomic E-state index is 11.4. The molecular formula is C11H13ClN2O5. The number of halogens is 1. The summed E-state index contributed by atoms with van der Waals surface area (Å²) < 4.78 is 4.50. The summed E-state index contributed by atoms with van der Waals surface area (Å²) in [5.41, 5.74) is 10.4. The summed E-state index contributed by atoms with van der Waals surface area (Å²) in [7, 11) is 1.16. The first-order chi connectivity index (χ1) is 8.79. The second kappa shape index (κ2) is 5.87. The van der Waals surface area contributed by atoms with Gasteiger partial charge in [-0.15, -0.1) is 0 Å². The van der Waals surface area contributed by atoms with Gasteiger partial charge in [-0.25, -0.2) is 4.79 Å². The van der Waals surface area contributed by atoms with Gasteiger partial charge in [0.1, 0.15) is 6.10 Å². The van der Waals surface area contributed by atoms with E-state index in [0.29, 0.717) is 0 Å². The van der Waals surface area contributed by atoms with Gasteiger partial charge in [-0.05, 0) is 12.1 Å². The summed E-state index contributed by atoms with van der Waals surface area (Å²) >= 11 is 5.84. The number of hydrogen-bond acceptors (Lipinski definition) is 6. The maximum atomic E-state index is 11.4. The molecule has 8 heteroatoms. The summed E-state index contributed by atoms with van der Waals surface area (Å²) in [5.74, 6) is -1.86. The zero-order chi connectivity index (χ0) is 14.7. The molecule has 0 aliphatic rings. The minimum Gasteiger partial charge on any atom is -0.465 e. The number of nitrogen functional groups attached to an aromatic ring is 1. The average molecular weight is 289 g/mol. The summed E-state index contributed by atoms with van der Waals surface area (Å²) in [4.78, 5) is 22.3. The number of methoxy groups -OCH3 is 1. The number of benzene rings is 1. The minimum atomic E-state index is -1.85. The van der Waals surface area contributed by atoms with Crippen molar-refractivity contribution >= 4 is 29.2 Å². The number of rotatable bonds is 4. The fraction of sp³-hybridized carbons (Fsp3) is 0.273. The topological polar surface area (TPSA) is 136 Å². The highest BCUT2D eigenvalue weighted by Crippen LogP contribution is 2.30. The van der Waals surface area contributed by atoms with Gasteiger partial charge in [0, 0.05) is 16.3 Å². The van der Waals surface area contributed by atoms with Crippen molar-refractivity contribution in [3.05, 3.63) is 28.3 Å². The Morgan fingerprint density at radius 3 is 2.42 bits per heavy atom. The lowest BCUT2D eigenvalue weighted by Crippen LogP contribution is -2.34. The number of aliphatic hydroxyl groups excluding tert-OH is 2. The lowest BCUT2D eigenvalue weighted by atomic mass is 10.0. The molecule has 0 aliphatic heterocycles. The first kappa shape index (κ1) is 15.2. The smallest absolute Gasteiger partial charge is 0.339 e. The minimum absolute atomic E-state index is 0.0158. The fourth-order valence-electron chi connectivity index (χ4n) is 1.44. The number of anilines is 1. The molecule has 6 N–H and O–H groups in total. The first-order valence-corrected chi connectivity index (χ1v) is 5.50. The molecule has 0 heterocycles. The summed E-state index contributed by atoms with van der Waals surface area (Å²) in [6.07, 6.45) is -3.53. The van der Waals surface area contributed by atoms with Gasteiger partial charge in [0.2, 0.25) is 5.91 Å². The van der Waals surface area contributed by atoms with Gasteiger partial charge in [0.25, 0.3) is 0 Å². The van der Waals surface area contributed by atoms with Crippen LogP contribution in [0.2, 0.25) is 5.02 Å². The lowest BCUT2D eigenvalue weighted by Gasteiger charge is -2.18. The maximum Gasteiger partial charge on any atom is 0.339 e. The Morgan fingerprint density at radius 1 is 1.37 bits per heavy atom. The van der Waals surface area contributed by atoms with Crippen molar-refractivity contribution in [1.82, 2.24) is 0 Å². The highest BCUT2D eigenvalue weighted by molar-refractivity contribution is 6.32. The fourth-order valence-corrected chi connectivity index (χ4v) is 1.73. The number of carbonyl (C=O) groups excluding carboxylic acids is 2. The van der Waals surface area contributed by atoms with Crippen molar-refractivity contribution in [1.29, 1.82) is 0 Å². The number of aliphatic hydroxyl groups is 2. The molecule has 0 saturated carbocycles. The zero-order valence-electron chi connectivity index (χ0n) is 9.96. The van der Waals surface area contributed by atoms with E-state index in [0.717, 1.165) is 13.2 Å². The Balaban J connectivity index is 3.28. The van der Waals surface area contributed by atoms with Gasteiger partial charge in [0.05, 0.1) is 12.7 Å². The molecule has 0 radical (unpaired) electrons. The van der Waals surface area contributed by atoms with E-state index in [2.05, 4.69) is 4.74 Å². The third-order valence-electron chi connectivity index (χ3n) is 2.48. The summed E-state index contributed by atoms with van der Waals surface area (Å²) in [6, 6.07) is 2.35. The van der Waals surface area contributed by atoms with Crippen LogP contribution in [0.5, 0.6) is 0 Å². The molecule has 0 saturated heterocycles. The van der Waals surface area contributed by atoms with Crippen molar-refractivity contribution in [2.45, 2.75) is 12.2 Å². The van der Waals surface area contributed by atoms with E-state index in [1.165, 1.54) is 6.07 Å². The van der Waals surface area contributed by atoms with Gasteiger partial charge in [-0.2, -0.15) is 0 Å². The van der Waals surface area contributed by atoms with Gasteiger partial charge >= 0.3 is 5.97 Å². The summed E-state index contributed by atoms with van der Waals surface area (Å²) in [5, 5.41) is 19.2. The molecule has 1 rings (SSSR count). The molecule has 0 aliphatic carbocycles. The highest BCUT2D eigenvalue weighted by Gasteiger charge is 2.27. The Hall–Kier alpha value is -1.83. The van der Waals surface area contributed by atoms with Crippen molar-refractivity contribution < 1.29 is 24.5 Å². The van der Waals surface area contributed by atoms with Gasteiger partial charge in [-0.1, -0.05) is 11.6 Å². The van der Waals surface area contributed by atoms with Crippen LogP contribution in [0.1, 0.15) is 22.0 Å². The van der Waals surface area contributed by atoms with Crippen LogP contribution in [-0.4, -0.2) is 35.3 Å². The average Bonchev–Trinajstić information content (AvgIpc) is 2.36. The largest absolute Gasteiger partial charge is 0.465 e. The van der Waals surface area contributed by atoms with Crippen LogP contribution in [0.3, 0.4) is 0 Å². The van der Waals surface area contributed by atoms with Crippen LogP contribution in [0.4, 0.5) is 5.69 Å². The Labute approximate surface area is 113 Å². The van der Waals surface area contributed by atoms with E-state index in [1.54, 1.807) is 0 Å². The SMILES string of the molecule is COC(=O)c1cc(C(O)C(O)C(N)=O)c(Cl)cc1N. The molecule has 104 valence electrons. The summed E-state index contributed by atoms with van der Waals surface area (Å²) in [6.45, 7) is 0.